The van der Waals surface area contributed by atoms with Crippen molar-refractivity contribution in [3.8, 4) is 12.3 Å². The lowest BCUT2D eigenvalue weighted by Crippen LogP contribution is -2.12. The number of rotatable bonds is 6. The second-order valence-electron chi connectivity index (χ2n) is 3.52. The Bertz CT molecular complexity index is 576. The third-order valence-corrected chi connectivity index (χ3v) is 2.17. The number of unbranched alkanes of at least 4 members (excludes halogenated alkanes) is 1. The van der Waals surface area contributed by atoms with Gasteiger partial charge in [-0.25, -0.2) is 4.79 Å². The number of carbonyl (C=O) groups excluding carboxylic acids is 2. The molecule has 0 aliphatic carbocycles. The predicted octanol–water partition coefficient (Wildman–Crippen LogP) is 1.04. The molecular weight excluding hydrogens is 250 g/mol. The smallest absolute Gasteiger partial charge is 0.377 e. The molecule has 0 N–H and O–H groups in total. The van der Waals surface area contributed by atoms with Crippen molar-refractivity contribution < 1.29 is 23.6 Å². The molecular formula is C12H11N3O4. The highest BCUT2D eigenvalue weighted by Crippen LogP contribution is 2.15. The van der Waals surface area contributed by atoms with Crippen molar-refractivity contribution >= 4 is 18.0 Å². The molecule has 0 radical (unpaired) electrons. The second kappa shape index (κ2) is 6.89. The second-order valence-corrected chi connectivity index (χ2v) is 3.52. The average molecular weight is 261 g/mol. The molecule has 0 aliphatic heterocycles. The SMILES string of the molecule is C#CCCCOC(=O)c1onc(C)c1C(=O)C=[N+]=[N-]. The number of carbonyl (C=O) groups is 2. The number of ketones is 1. The lowest BCUT2D eigenvalue weighted by molar-refractivity contribution is 0.00231. The molecule has 0 bridgehead atoms. The van der Waals surface area contributed by atoms with Gasteiger partial charge in [0.25, 0.3) is 11.5 Å². The van der Waals surface area contributed by atoms with Gasteiger partial charge in [0.05, 0.1) is 12.3 Å². The standard InChI is InChI=1S/C12H11N3O4/c1-3-4-5-6-18-12(17)11-10(8(2)15-19-11)9(16)7-14-13/h1,7H,4-6H2,2H3. The Morgan fingerprint density at radius 1 is 1.63 bits per heavy atom. The van der Waals surface area contributed by atoms with E-state index < -0.39 is 11.8 Å². The Labute approximate surface area is 109 Å². The molecule has 1 heterocycles. The fourth-order valence-corrected chi connectivity index (χ4v) is 1.32. The molecule has 0 unspecified atom stereocenters. The molecule has 1 aromatic heterocycles. The molecule has 0 saturated heterocycles. The van der Waals surface area contributed by atoms with Gasteiger partial charge in [0.2, 0.25) is 0 Å². The highest BCUT2D eigenvalue weighted by atomic mass is 16.6. The van der Waals surface area contributed by atoms with E-state index >= 15 is 0 Å². The molecule has 0 saturated carbocycles. The lowest BCUT2D eigenvalue weighted by atomic mass is 10.1. The molecule has 19 heavy (non-hydrogen) atoms. The first kappa shape index (κ1) is 14.4. The molecule has 1 aromatic rings. The molecule has 0 atom stereocenters. The highest BCUT2D eigenvalue weighted by molar-refractivity contribution is 6.35. The van der Waals surface area contributed by atoms with Crippen molar-refractivity contribution in [1.82, 2.24) is 5.16 Å². The Kier molecular flexibility index (Phi) is 5.20. The van der Waals surface area contributed by atoms with Crippen LogP contribution >= 0.6 is 0 Å². The Balaban J connectivity index is 2.84. The first-order valence-corrected chi connectivity index (χ1v) is 5.40. The van der Waals surface area contributed by atoms with E-state index in [4.69, 9.17) is 21.2 Å². The van der Waals surface area contributed by atoms with Crippen molar-refractivity contribution in [1.29, 1.82) is 0 Å². The van der Waals surface area contributed by atoms with E-state index in [0.717, 1.165) is 0 Å². The summed E-state index contributed by atoms with van der Waals surface area (Å²) >= 11 is 0. The van der Waals surface area contributed by atoms with Crippen LogP contribution in [-0.2, 0) is 4.74 Å². The van der Waals surface area contributed by atoms with Gasteiger partial charge in [-0.05, 0) is 13.3 Å². The van der Waals surface area contributed by atoms with Crippen molar-refractivity contribution in [2.45, 2.75) is 19.8 Å². The molecule has 7 nitrogen and oxygen atoms in total. The minimum absolute atomic E-state index is 0.0836. The quantitative estimate of drug-likeness (QED) is 0.145. The maximum absolute atomic E-state index is 11.7. The van der Waals surface area contributed by atoms with Gasteiger partial charge in [-0.15, -0.1) is 12.3 Å². The Morgan fingerprint density at radius 2 is 2.37 bits per heavy atom. The average Bonchev–Trinajstić information content (AvgIpc) is 2.77. The van der Waals surface area contributed by atoms with Gasteiger partial charge in [0, 0.05) is 6.42 Å². The number of nitrogens with zero attached hydrogens (tertiary/aromatic N) is 3. The summed E-state index contributed by atoms with van der Waals surface area (Å²) in [6.45, 7) is 1.60. The maximum atomic E-state index is 11.7. The van der Waals surface area contributed by atoms with E-state index in [0.29, 0.717) is 19.1 Å². The summed E-state index contributed by atoms with van der Waals surface area (Å²) in [5, 5.41) is 3.51. The van der Waals surface area contributed by atoms with Crippen LogP contribution in [0.2, 0.25) is 0 Å². The fraction of sp³-hybridized carbons (Fsp3) is 0.333. The normalized spacial score (nSPS) is 9.26. The number of terminal acetylenes is 1. The lowest BCUT2D eigenvalue weighted by Gasteiger charge is -2.00. The summed E-state index contributed by atoms with van der Waals surface area (Å²) in [5.74, 6) is 0.579. The number of aryl methyl sites for hydroxylation is 1. The molecule has 1 rings (SSSR count). The zero-order valence-electron chi connectivity index (χ0n) is 10.3. The van der Waals surface area contributed by atoms with Crippen molar-refractivity contribution in [2.24, 2.45) is 0 Å². The summed E-state index contributed by atoms with van der Waals surface area (Å²) < 4.78 is 9.64. The summed E-state index contributed by atoms with van der Waals surface area (Å²) in [6.07, 6.45) is 6.69. The summed E-state index contributed by atoms with van der Waals surface area (Å²) in [4.78, 5) is 25.9. The van der Waals surface area contributed by atoms with Crippen LogP contribution in [0.15, 0.2) is 4.52 Å². The number of esters is 1. The summed E-state index contributed by atoms with van der Waals surface area (Å²) in [7, 11) is 0. The number of hydrogen-bond donors (Lipinski definition) is 0. The van der Waals surface area contributed by atoms with Gasteiger partial charge in [-0.2, -0.15) is 4.79 Å². The molecule has 7 heteroatoms. The van der Waals surface area contributed by atoms with Gasteiger partial charge >= 0.3 is 12.2 Å². The van der Waals surface area contributed by atoms with E-state index in [1.54, 1.807) is 0 Å². The van der Waals surface area contributed by atoms with Crippen molar-refractivity contribution in [2.75, 3.05) is 6.61 Å². The first-order chi connectivity index (χ1) is 9.11. The minimum atomic E-state index is -0.813. The van der Waals surface area contributed by atoms with Gasteiger partial charge in [-0.1, -0.05) is 5.16 Å². The van der Waals surface area contributed by atoms with Gasteiger partial charge in [0.1, 0.15) is 5.56 Å². The van der Waals surface area contributed by atoms with Crippen LogP contribution in [0.25, 0.3) is 5.53 Å². The highest BCUT2D eigenvalue weighted by Gasteiger charge is 2.27. The van der Waals surface area contributed by atoms with Crippen LogP contribution < -0.4 is 0 Å². The third-order valence-electron chi connectivity index (χ3n) is 2.17. The van der Waals surface area contributed by atoms with Crippen LogP contribution in [0, 0.1) is 19.3 Å². The van der Waals surface area contributed by atoms with Crippen LogP contribution in [0.4, 0.5) is 0 Å². The Morgan fingerprint density at radius 3 is 3.00 bits per heavy atom. The molecule has 0 amide bonds. The fourth-order valence-electron chi connectivity index (χ4n) is 1.32. The zero-order chi connectivity index (χ0) is 14.3. The Hall–Kier alpha value is -2.71. The van der Waals surface area contributed by atoms with Crippen LogP contribution in [0.3, 0.4) is 0 Å². The van der Waals surface area contributed by atoms with E-state index in [1.807, 2.05) is 0 Å². The third kappa shape index (κ3) is 3.63. The predicted molar refractivity (Wildman–Crippen MR) is 63.6 cm³/mol. The number of aromatic nitrogens is 1. The van der Waals surface area contributed by atoms with E-state index in [1.165, 1.54) is 6.92 Å². The monoisotopic (exact) mass is 261 g/mol. The molecule has 0 fully saturated rings. The van der Waals surface area contributed by atoms with Crippen molar-refractivity contribution in [3.63, 3.8) is 0 Å². The van der Waals surface area contributed by atoms with Gasteiger partial charge in [-0.3, -0.25) is 4.79 Å². The largest absolute Gasteiger partial charge is 0.460 e. The van der Waals surface area contributed by atoms with Gasteiger partial charge in [0.15, 0.2) is 0 Å². The van der Waals surface area contributed by atoms with E-state index in [-0.39, 0.29) is 23.6 Å². The van der Waals surface area contributed by atoms with Gasteiger partial charge < -0.3 is 14.8 Å². The van der Waals surface area contributed by atoms with Crippen LogP contribution in [-0.4, -0.2) is 34.5 Å². The van der Waals surface area contributed by atoms with Crippen LogP contribution in [0.1, 0.15) is 39.4 Å². The summed E-state index contributed by atoms with van der Waals surface area (Å²) in [6, 6.07) is 0. The molecule has 0 aromatic carbocycles. The number of ether oxygens (including phenoxy) is 1. The molecule has 0 spiro atoms. The first-order valence-electron chi connectivity index (χ1n) is 5.40. The number of hydrogen-bond acceptors (Lipinski definition) is 5. The minimum Gasteiger partial charge on any atom is -0.460 e. The van der Waals surface area contributed by atoms with E-state index in [9.17, 15) is 9.59 Å². The van der Waals surface area contributed by atoms with Crippen molar-refractivity contribution in [3.05, 3.63) is 22.5 Å². The molecule has 98 valence electrons. The maximum Gasteiger partial charge on any atom is 0.377 e. The topological polar surface area (TPSA) is 106 Å². The number of Topliss-reactive ketones (excluding diaryl/α,β-unsaturated/α-hetero) is 1. The van der Waals surface area contributed by atoms with Crippen LogP contribution in [0.5, 0.6) is 0 Å². The zero-order valence-corrected chi connectivity index (χ0v) is 10.3. The van der Waals surface area contributed by atoms with E-state index in [2.05, 4.69) is 15.9 Å². The summed E-state index contributed by atoms with van der Waals surface area (Å²) in [5.41, 5.74) is 8.44. The molecule has 0 aliphatic rings.